The van der Waals surface area contributed by atoms with Crippen molar-refractivity contribution in [2.75, 3.05) is 32.1 Å². The Morgan fingerprint density at radius 1 is 1.06 bits per heavy atom. The number of piperazine rings is 1. The number of nitrogens with zero attached hydrogens (tertiary/aromatic N) is 2. The number of urea groups is 1. The molecule has 5 rings (SSSR count). The van der Waals surface area contributed by atoms with Crippen LogP contribution in [0.2, 0.25) is 0 Å². The van der Waals surface area contributed by atoms with E-state index >= 15 is 0 Å². The minimum atomic E-state index is -0.344. The Hall–Kier alpha value is -3.84. The van der Waals surface area contributed by atoms with Gasteiger partial charge < -0.3 is 25.0 Å². The van der Waals surface area contributed by atoms with Gasteiger partial charge in [-0.1, -0.05) is 66.2 Å². The van der Waals surface area contributed by atoms with Gasteiger partial charge in [0.25, 0.3) is 0 Å². The standard InChI is InChI=1S/C28H29N3O4/c1-18-6-5-7-21(14-18)19-10-12-20(13-11-19)27-23-15-30(16-26(33)31(23)24(27)17-32)28(34)29-22-8-3-4-9-25(22)35-2/h3-14,23-24,27,32H,15-17H2,1-2H3,(H,29,34)/t23-,24-,27+/m1/s1. The molecule has 0 bridgehead atoms. The van der Waals surface area contributed by atoms with E-state index in [0.29, 0.717) is 18.0 Å². The minimum Gasteiger partial charge on any atom is -0.495 e. The van der Waals surface area contributed by atoms with Gasteiger partial charge in [-0.15, -0.1) is 0 Å². The number of nitrogens with one attached hydrogen (secondary N) is 1. The van der Waals surface area contributed by atoms with Gasteiger partial charge in [0.2, 0.25) is 5.91 Å². The largest absolute Gasteiger partial charge is 0.495 e. The fourth-order valence-electron chi connectivity index (χ4n) is 5.32. The number of amides is 3. The highest BCUT2D eigenvalue weighted by atomic mass is 16.5. The predicted octanol–water partition coefficient (Wildman–Crippen LogP) is 3.87. The summed E-state index contributed by atoms with van der Waals surface area (Å²) in [7, 11) is 1.55. The average Bonchev–Trinajstić information content (AvgIpc) is 2.86. The van der Waals surface area contributed by atoms with Crippen LogP contribution in [-0.4, -0.2) is 65.7 Å². The Bertz CT molecular complexity index is 1240. The number of aryl methyl sites for hydroxylation is 1. The number of ether oxygens (including phenoxy) is 1. The topological polar surface area (TPSA) is 82.1 Å². The van der Waals surface area contributed by atoms with Crippen LogP contribution in [0.4, 0.5) is 10.5 Å². The molecule has 0 unspecified atom stereocenters. The zero-order valence-corrected chi connectivity index (χ0v) is 19.8. The van der Waals surface area contributed by atoms with Gasteiger partial charge in [0, 0.05) is 12.5 Å². The summed E-state index contributed by atoms with van der Waals surface area (Å²) >= 11 is 0. The third kappa shape index (κ3) is 4.23. The third-order valence-electron chi connectivity index (χ3n) is 7.04. The fourth-order valence-corrected chi connectivity index (χ4v) is 5.32. The SMILES string of the molecule is COc1ccccc1NC(=O)N1CC(=O)N2[C@H](CO)[C@@H](c3ccc(-c4cccc(C)c4)cc3)[C@H]2C1. The van der Waals surface area contributed by atoms with Crippen molar-refractivity contribution in [2.24, 2.45) is 0 Å². The number of rotatable bonds is 5. The minimum absolute atomic E-state index is 0.0208. The molecule has 2 aliphatic rings. The molecule has 3 amide bonds. The molecule has 2 heterocycles. The number of para-hydroxylation sites is 2. The summed E-state index contributed by atoms with van der Waals surface area (Å²) in [6, 6.07) is 23.0. The predicted molar refractivity (Wildman–Crippen MR) is 134 cm³/mol. The highest BCUT2D eigenvalue weighted by Crippen LogP contribution is 2.43. The van der Waals surface area contributed by atoms with E-state index in [4.69, 9.17) is 4.74 Å². The molecule has 180 valence electrons. The van der Waals surface area contributed by atoms with E-state index in [9.17, 15) is 14.7 Å². The Morgan fingerprint density at radius 3 is 2.54 bits per heavy atom. The average molecular weight is 472 g/mol. The first kappa shape index (κ1) is 22.9. The molecule has 3 atom stereocenters. The van der Waals surface area contributed by atoms with Gasteiger partial charge in [0.05, 0.1) is 31.5 Å². The number of hydrogen-bond acceptors (Lipinski definition) is 4. The second-order valence-electron chi connectivity index (χ2n) is 9.15. The lowest BCUT2D eigenvalue weighted by molar-refractivity contribution is -0.159. The molecule has 7 nitrogen and oxygen atoms in total. The van der Waals surface area contributed by atoms with Crippen LogP contribution in [0, 0.1) is 6.92 Å². The van der Waals surface area contributed by atoms with Crippen molar-refractivity contribution in [3.8, 4) is 16.9 Å². The van der Waals surface area contributed by atoms with Crippen LogP contribution in [0.5, 0.6) is 5.75 Å². The van der Waals surface area contributed by atoms with Crippen molar-refractivity contribution in [2.45, 2.75) is 24.9 Å². The maximum atomic E-state index is 13.0. The zero-order chi connectivity index (χ0) is 24.5. The molecule has 2 aliphatic heterocycles. The molecular weight excluding hydrogens is 442 g/mol. The molecule has 0 aromatic heterocycles. The van der Waals surface area contributed by atoms with Crippen molar-refractivity contribution in [3.63, 3.8) is 0 Å². The molecule has 3 aromatic carbocycles. The highest BCUT2D eigenvalue weighted by molar-refractivity contribution is 5.94. The van der Waals surface area contributed by atoms with Gasteiger partial charge in [0.15, 0.2) is 0 Å². The zero-order valence-electron chi connectivity index (χ0n) is 19.8. The summed E-state index contributed by atoms with van der Waals surface area (Å²) in [5.74, 6) is 0.363. The van der Waals surface area contributed by atoms with E-state index < -0.39 is 0 Å². The first-order chi connectivity index (χ1) is 17.0. The number of hydrogen-bond donors (Lipinski definition) is 2. The van der Waals surface area contributed by atoms with Crippen LogP contribution >= 0.6 is 0 Å². The van der Waals surface area contributed by atoms with E-state index in [2.05, 4.69) is 54.7 Å². The van der Waals surface area contributed by atoms with Gasteiger partial charge in [-0.3, -0.25) is 4.79 Å². The van der Waals surface area contributed by atoms with Crippen LogP contribution in [0.1, 0.15) is 17.0 Å². The van der Waals surface area contributed by atoms with E-state index in [1.54, 1.807) is 24.1 Å². The van der Waals surface area contributed by atoms with Crippen molar-refractivity contribution >= 4 is 17.6 Å². The van der Waals surface area contributed by atoms with Gasteiger partial charge in [-0.05, 0) is 35.7 Å². The summed E-state index contributed by atoms with van der Waals surface area (Å²) in [5.41, 5.74) is 5.08. The molecule has 2 N–H and O–H groups in total. The first-order valence-corrected chi connectivity index (χ1v) is 11.8. The number of aliphatic hydroxyl groups is 1. The van der Waals surface area contributed by atoms with E-state index in [-0.39, 0.29) is 43.1 Å². The molecule has 0 radical (unpaired) electrons. The van der Waals surface area contributed by atoms with Crippen LogP contribution in [0.25, 0.3) is 11.1 Å². The van der Waals surface area contributed by atoms with Crippen molar-refractivity contribution in [3.05, 3.63) is 83.9 Å². The number of methoxy groups -OCH3 is 1. The van der Waals surface area contributed by atoms with Crippen LogP contribution in [0.15, 0.2) is 72.8 Å². The maximum absolute atomic E-state index is 13.0. The summed E-state index contributed by atoms with van der Waals surface area (Å²) in [5, 5.41) is 12.9. The molecule has 2 saturated heterocycles. The quantitative estimate of drug-likeness (QED) is 0.592. The second kappa shape index (κ2) is 9.43. The number of fused-ring (bicyclic) bond motifs is 1. The van der Waals surface area contributed by atoms with E-state index in [0.717, 1.165) is 16.7 Å². The maximum Gasteiger partial charge on any atom is 0.322 e. The lowest BCUT2D eigenvalue weighted by Gasteiger charge is -2.58. The first-order valence-electron chi connectivity index (χ1n) is 11.8. The summed E-state index contributed by atoms with van der Waals surface area (Å²) in [4.78, 5) is 29.2. The van der Waals surface area contributed by atoms with E-state index in [1.165, 1.54) is 10.5 Å². The molecule has 0 saturated carbocycles. The number of benzene rings is 3. The van der Waals surface area contributed by atoms with Crippen molar-refractivity contribution < 1.29 is 19.4 Å². The third-order valence-corrected chi connectivity index (χ3v) is 7.04. The van der Waals surface area contributed by atoms with Gasteiger partial charge in [-0.25, -0.2) is 4.79 Å². The molecule has 0 aliphatic carbocycles. The summed E-state index contributed by atoms with van der Waals surface area (Å²) in [6.45, 7) is 2.34. The Labute approximate surface area is 204 Å². The Kier molecular flexibility index (Phi) is 6.17. The monoisotopic (exact) mass is 471 g/mol. The molecular formula is C28H29N3O4. The molecule has 35 heavy (non-hydrogen) atoms. The summed E-state index contributed by atoms with van der Waals surface area (Å²) < 4.78 is 5.32. The molecule has 3 aromatic rings. The number of anilines is 1. The fraction of sp³-hybridized carbons (Fsp3) is 0.286. The second-order valence-corrected chi connectivity index (χ2v) is 9.15. The molecule has 0 spiro atoms. The normalized spacial score (nSPS) is 21.2. The number of carbonyl (C=O) groups is 2. The van der Waals surface area contributed by atoms with Gasteiger partial charge in [-0.2, -0.15) is 0 Å². The van der Waals surface area contributed by atoms with Crippen molar-refractivity contribution in [1.29, 1.82) is 0 Å². The summed E-state index contributed by atoms with van der Waals surface area (Å²) in [6.07, 6.45) is 0. The number of aliphatic hydroxyl groups excluding tert-OH is 1. The van der Waals surface area contributed by atoms with Crippen LogP contribution in [-0.2, 0) is 4.79 Å². The van der Waals surface area contributed by atoms with Crippen molar-refractivity contribution in [1.82, 2.24) is 9.80 Å². The van der Waals surface area contributed by atoms with Crippen LogP contribution < -0.4 is 10.1 Å². The van der Waals surface area contributed by atoms with Gasteiger partial charge >= 0.3 is 6.03 Å². The Balaban J connectivity index is 1.34. The van der Waals surface area contributed by atoms with Gasteiger partial charge in [0.1, 0.15) is 12.3 Å². The number of carbonyl (C=O) groups excluding carboxylic acids is 2. The highest BCUT2D eigenvalue weighted by Gasteiger charge is 2.54. The molecule has 2 fully saturated rings. The molecule has 7 heteroatoms. The van der Waals surface area contributed by atoms with Crippen LogP contribution in [0.3, 0.4) is 0 Å². The lowest BCUT2D eigenvalue weighted by atomic mass is 9.73. The van der Waals surface area contributed by atoms with E-state index in [1.807, 2.05) is 18.2 Å². The Morgan fingerprint density at radius 2 is 1.83 bits per heavy atom. The smallest absolute Gasteiger partial charge is 0.322 e. The lowest BCUT2D eigenvalue weighted by Crippen LogP contribution is -2.73.